The predicted molar refractivity (Wildman–Crippen MR) is 109 cm³/mol. The van der Waals surface area contributed by atoms with Gasteiger partial charge in [-0.1, -0.05) is 12.1 Å². The molecule has 2 amide bonds. The molecule has 29 heavy (non-hydrogen) atoms. The number of nitrogens with one attached hydrogen (secondary N) is 2. The molecule has 3 aromatic rings. The molecule has 0 unspecified atom stereocenters. The van der Waals surface area contributed by atoms with Gasteiger partial charge in [-0.25, -0.2) is 9.18 Å². The van der Waals surface area contributed by atoms with E-state index >= 15 is 0 Å². The molecule has 3 aromatic carbocycles. The van der Waals surface area contributed by atoms with Crippen molar-refractivity contribution in [3.63, 3.8) is 0 Å². The maximum absolute atomic E-state index is 14.0. The summed E-state index contributed by atoms with van der Waals surface area (Å²) < 4.78 is 18.9. The number of anilines is 3. The number of rotatable bonds is 5. The fourth-order valence-corrected chi connectivity index (χ4v) is 2.71. The van der Waals surface area contributed by atoms with Crippen LogP contribution in [0.4, 0.5) is 26.2 Å². The van der Waals surface area contributed by atoms with Crippen LogP contribution in [0.15, 0.2) is 60.7 Å². The van der Waals surface area contributed by atoms with Crippen LogP contribution >= 0.6 is 0 Å². The van der Waals surface area contributed by atoms with Crippen LogP contribution in [0.1, 0.15) is 10.4 Å². The number of carbonyl (C=O) groups excluding carboxylic acids is 1. The van der Waals surface area contributed by atoms with Crippen LogP contribution in [0.2, 0.25) is 0 Å². The van der Waals surface area contributed by atoms with Gasteiger partial charge in [0, 0.05) is 11.3 Å². The van der Waals surface area contributed by atoms with Gasteiger partial charge in [-0.2, -0.15) is 0 Å². The van der Waals surface area contributed by atoms with Gasteiger partial charge >= 0.3 is 6.09 Å². The van der Waals surface area contributed by atoms with E-state index in [0.717, 1.165) is 0 Å². The first kappa shape index (κ1) is 19.7. The minimum absolute atomic E-state index is 0.138. The van der Waals surface area contributed by atoms with E-state index in [2.05, 4.69) is 10.6 Å². The zero-order valence-corrected chi connectivity index (χ0v) is 15.4. The van der Waals surface area contributed by atoms with Gasteiger partial charge in [0.05, 0.1) is 18.5 Å². The lowest BCUT2D eigenvalue weighted by atomic mass is 10.0. The van der Waals surface area contributed by atoms with Gasteiger partial charge in [0.1, 0.15) is 0 Å². The lowest BCUT2D eigenvalue weighted by Crippen LogP contribution is -2.13. The quantitative estimate of drug-likeness (QED) is 0.478. The van der Waals surface area contributed by atoms with Crippen molar-refractivity contribution in [3.05, 3.63) is 72.0 Å². The van der Waals surface area contributed by atoms with Crippen LogP contribution in [-0.4, -0.2) is 24.2 Å². The molecule has 0 aromatic heterocycles. The molecule has 0 atom stereocenters. The summed E-state index contributed by atoms with van der Waals surface area (Å²) in [7, 11) is 1.39. The third-order valence-electron chi connectivity index (χ3n) is 4.18. The number of halogens is 1. The predicted octanol–water partition coefficient (Wildman–Crippen LogP) is 4.43. The van der Waals surface area contributed by atoms with Crippen molar-refractivity contribution in [2.75, 3.05) is 23.5 Å². The average Bonchev–Trinajstić information content (AvgIpc) is 2.69. The van der Waals surface area contributed by atoms with E-state index in [1.54, 1.807) is 24.3 Å². The van der Waals surface area contributed by atoms with E-state index in [-0.39, 0.29) is 5.75 Å². The molecule has 0 bridgehead atoms. The summed E-state index contributed by atoms with van der Waals surface area (Å²) in [6.45, 7) is 0. The molecule has 148 valence electrons. The van der Waals surface area contributed by atoms with Gasteiger partial charge in [0.2, 0.25) is 0 Å². The highest BCUT2D eigenvalue weighted by Gasteiger charge is 2.11. The van der Waals surface area contributed by atoms with E-state index in [9.17, 15) is 14.0 Å². The molecule has 0 aliphatic heterocycles. The summed E-state index contributed by atoms with van der Waals surface area (Å²) in [5.41, 5.74) is 8.61. The van der Waals surface area contributed by atoms with E-state index in [1.807, 2.05) is 0 Å². The van der Waals surface area contributed by atoms with Crippen LogP contribution in [0.25, 0.3) is 11.1 Å². The molecule has 0 saturated carbocycles. The molecule has 0 aliphatic carbocycles. The summed E-state index contributed by atoms with van der Waals surface area (Å²) in [5, 5.41) is 13.6. The molecule has 7 nitrogen and oxygen atoms in total. The number of nitrogens with two attached hydrogens (primary N) is 1. The third-order valence-corrected chi connectivity index (χ3v) is 4.18. The molecule has 0 saturated heterocycles. The summed E-state index contributed by atoms with van der Waals surface area (Å²) in [5.74, 6) is -0.780. The molecule has 0 aliphatic rings. The minimum atomic E-state index is -1.19. The Morgan fingerprint density at radius 3 is 2.24 bits per heavy atom. The second kappa shape index (κ2) is 8.30. The Morgan fingerprint density at radius 1 is 0.966 bits per heavy atom. The zero-order chi connectivity index (χ0) is 21.0. The average molecular weight is 395 g/mol. The topological polar surface area (TPSA) is 114 Å². The first-order chi connectivity index (χ1) is 13.9. The Hall–Kier alpha value is -4.07. The lowest BCUT2D eigenvalue weighted by molar-refractivity contribution is 0.102. The molecule has 0 radical (unpaired) electrons. The first-order valence-corrected chi connectivity index (χ1v) is 8.52. The standard InChI is InChI=1S/C21H18FN3O4/c1-29-19-9-5-13(10-16(19)22)14-4-8-17(23)18(11-14)25-20(26)12-2-6-15(7-3-12)24-21(27)28/h2-11,24H,23H2,1H3,(H,25,26)(H,27,28). The van der Waals surface area contributed by atoms with Crippen LogP contribution in [0.5, 0.6) is 5.75 Å². The van der Waals surface area contributed by atoms with Crippen molar-refractivity contribution in [1.29, 1.82) is 0 Å². The van der Waals surface area contributed by atoms with Gasteiger partial charge < -0.3 is 20.9 Å². The lowest BCUT2D eigenvalue weighted by Gasteiger charge is -2.12. The molecule has 0 spiro atoms. The van der Waals surface area contributed by atoms with Crippen molar-refractivity contribution >= 4 is 29.1 Å². The number of carboxylic acid groups (broad SMARTS) is 1. The van der Waals surface area contributed by atoms with Crippen molar-refractivity contribution in [2.45, 2.75) is 0 Å². The Balaban J connectivity index is 1.82. The monoisotopic (exact) mass is 395 g/mol. The number of nitrogen functional groups attached to an aromatic ring is 1. The molecular weight excluding hydrogens is 377 g/mol. The molecule has 3 rings (SSSR count). The third kappa shape index (κ3) is 4.62. The molecule has 0 fully saturated rings. The van der Waals surface area contributed by atoms with Gasteiger partial charge in [-0.15, -0.1) is 0 Å². The number of ether oxygens (including phenoxy) is 1. The summed E-state index contributed by atoms with van der Waals surface area (Å²) in [6, 6.07) is 15.5. The van der Waals surface area contributed by atoms with E-state index in [1.165, 1.54) is 43.5 Å². The Kier molecular flexibility index (Phi) is 5.64. The highest BCUT2D eigenvalue weighted by atomic mass is 19.1. The normalized spacial score (nSPS) is 10.3. The Labute approximate surface area is 165 Å². The van der Waals surface area contributed by atoms with Crippen LogP contribution in [-0.2, 0) is 0 Å². The van der Waals surface area contributed by atoms with Crippen LogP contribution in [0, 0.1) is 5.82 Å². The molecular formula is C21H18FN3O4. The second-order valence-corrected chi connectivity index (χ2v) is 6.11. The van der Waals surface area contributed by atoms with E-state index in [0.29, 0.717) is 33.8 Å². The van der Waals surface area contributed by atoms with Crippen molar-refractivity contribution < 1.29 is 23.8 Å². The Morgan fingerprint density at radius 2 is 1.62 bits per heavy atom. The van der Waals surface area contributed by atoms with Gasteiger partial charge in [-0.3, -0.25) is 10.1 Å². The fraction of sp³-hybridized carbons (Fsp3) is 0.0476. The SMILES string of the molecule is COc1ccc(-c2ccc(N)c(NC(=O)c3ccc(NC(=O)O)cc3)c2)cc1F. The van der Waals surface area contributed by atoms with Crippen molar-refractivity contribution in [1.82, 2.24) is 0 Å². The number of hydrogen-bond acceptors (Lipinski definition) is 4. The number of amides is 2. The van der Waals surface area contributed by atoms with E-state index in [4.69, 9.17) is 15.6 Å². The number of benzene rings is 3. The maximum atomic E-state index is 14.0. The largest absolute Gasteiger partial charge is 0.494 e. The fourth-order valence-electron chi connectivity index (χ4n) is 2.71. The van der Waals surface area contributed by atoms with Gasteiger partial charge in [0.15, 0.2) is 11.6 Å². The number of methoxy groups -OCH3 is 1. The zero-order valence-electron chi connectivity index (χ0n) is 15.4. The van der Waals surface area contributed by atoms with Gasteiger partial charge in [-0.05, 0) is 59.7 Å². The Bertz CT molecular complexity index is 1070. The minimum Gasteiger partial charge on any atom is -0.494 e. The van der Waals surface area contributed by atoms with E-state index < -0.39 is 17.8 Å². The highest BCUT2D eigenvalue weighted by molar-refractivity contribution is 6.06. The summed E-state index contributed by atoms with van der Waals surface area (Å²) in [6.07, 6.45) is -1.19. The van der Waals surface area contributed by atoms with Crippen molar-refractivity contribution in [2.24, 2.45) is 0 Å². The summed E-state index contributed by atoms with van der Waals surface area (Å²) >= 11 is 0. The second-order valence-electron chi connectivity index (χ2n) is 6.11. The van der Waals surface area contributed by atoms with Gasteiger partial charge in [0.25, 0.3) is 5.91 Å². The maximum Gasteiger partial charge on any atom is 0.409 e. The van der Waals surface area contributed by atoms with Crippen LogP contribution in [0.3, 0.4) is 0 Å². The molecule has 5 N–H and O–H groups in total. The number of carbonyl (C=O) groups is 2. The molecule has 0 heterocycles. The first-order valence-electron chi connectivity index (χ1n) is 8.52. The van der Waals surface area contributed by atoms with Crippen LogP contribution < -0.4 is 21.1 Å². The smallest absolute Gasteiger partial charge is 0.409 e. The molecule has 8 heteroatoms. The number of hydrogen-bond donors (Lipinski definition) is 4. The van der Waals surface area contributed by atoms with Crippen molar-refractivity contribution in [3.8, 4) is 16.9 Å². The highest BCUT2D eigenvalue weighted by Crippen LogP contribution is 2.30. The summed E-state index contributed by atoms with van der Waals surface area (Å²) in [4.78, 5) is 23.1.